The molecule has 1 heterocycles. The molecule has 0 aromatic carbocycles. The van der Waals surface area contributed by atoms with Crippen LogP contribution >= 0.6 is 51.2 Å². The minimum Gasteiger partial charge on any atom is -0.352 e. The minimum atomic E-state index is 0. The van der Waals surface area contributed by atoms with Crippen LogP contribution in [0, 0.1) is 12.3 Å². The third-order valence-electron chi connectivity index (χ3n) is 1.66. The predicted octanol–water partition coefficient (Wildman–Crippen LogP) is 2.43. The topological polar surface area (TPSA) is 36.4 Å². The van der Waals surface area contributed by atoms with E-state index < -0.39 is 0 Å². The standard InChI is InChI=1S/C10H12BrN3S.HI/c1-3-4-13-10(12-2)14-6-8-5-9(11)15-7-8;/h1,5,7H,4,6H2,2H3,(H2,12,13,14);1H. The second-order valence-electron chi connectivity index (χ2n) is 2.74. The minimum absolute atomic E-state index is 0. The number of nitrogens with one attached hydrogen (secondary N) is 2. The molecule has 2 N–H and O–H groups in total. The SMILES string of the molecule is C#CCNC(=NC)NCc1csc(Br)c1.I. The summed E-state index contributed by atoms with van der Waals surface area (Å²) in [4.78, 5) is 4.04. The maximum absolute atomic E-state index is 5.14. The van der Waals surface area contributed by atoms with E-state index in [-0.39, 0.29) is 24.0 Å². The maximum atomic E-state index is 5.14. The molecular formula is C10H13BrIN3S. The molecule has 0 atom stereocenters. The van der Waals surface area contributed by atoms with Crippen LogP contribution in [0.4, 0.5) is 0 Å². The van der Waals surface area contributed by atoms with Crippen molar-refractivity contribution in [2.75, 3.05) is 13.6 Å². The molecule has 0 bridgehead atoms. The van der Waals surface area contributed by atoms with Crippen molar-refractivity contribution in [2.24, 2.45) is 4.99 Å². The zero-order valence-corrected chi connectivity index (χ0v) is 13.5. The quantitative estimate of drug-likeness (QED) is 0.345. The van der Waals surface area contributed by atoms with Gasteiger partial charge < -0.3 is 10.6 Å². The Morgan fingerprint density at radius 3 is 2.88 bits per heavy atom. The highest BCUT2D eigenvalue weighted by Gasteiger charge is 1.99. The molecule has 0 aliphatic rings. The van der Waals surface area contributed by atoms with Crippen LogP contribution in [-0.2, 0) is 6.54 Å². The number of thiophene rings is 1. The first-order valence-electron chi connectivity index (χ1n) is 4.37. The van der Waals surface area contributed by atoms with Gasteiger partial charge in [0.05, 0.1) is 10.3 Å². The Labute approximate surface area is 125 Å². The molecule has 16 heavy (non-hydrogen) atoms. The van der Waals surface area contributed by atoms with Gasteiger partial charge in [-0.1, -0.05) is 5.92 Å². The van der Waals surface area contributed by atoms with E-state index >= 15 is 0 Å². The van der Waals surface area contributed by atoms with Crippen LogP contribution in [-0.4, -0.2) is 19.6 Å². The van der Waals surface area contributed by atoms with E-state index in [4.69, 9.17) is 6.42 Å². The summed E-state index contributed by atoms with van der Waals surface area (Å²) in [5, 5.41) is 8.24. The molecule has 0 saturated heterocycles. The smallest absolute Gasteiger partial charge is 0.192 e. The van der Waals surface area contributed by atoms with Gasteiger partial charge in [-0.05, 0) is 32.9 Å². The largest absolute Gasteiger partial charge is 0.352 e. The van der Waals surface area contributed by atoms with Crippen molar-refractivity contribution in [3.63, 3.8) is 0 Å². The van der Waals surface area contributed by atoms with E-state index in [1.807, 2.05) is 0 Å². The summed E-state index contributed by atoms with van der Waals surface area (Å²) < 4.78 is 1.13. The molecule has 0 amide bonds. The zero-order chi connectivity index (χ0) is 11.1. The van der Waals surface area contributed by atoms with Gasteiger partial charge in [-0.25, -0.2) is 0 Å². The number of guanidine groups is 1. The Balaban J connectivity index is 0.00000225. The first-order valence-corrected chi connectivity index (χ1v) is 6.04. The molecule has 0 aliphatic heterocycles. The molecule has 0 saturated carbocycles. The van der Waals surface area contributed by atoms with Gasteiger partial charge >= 0.3 is 0 Å². The summed E-state index contributed by atoms with van der Waals surface area (Å²) in [5.41, 5.74) is 1.22. The van der Waals surface area contributed by atoms with E-state index in [0.717, 1.165) is 16.3 Å². The van der Waals surface area contributed by atoms with E-state index in [1.165, 1.54) is 5.56 Å². The molecule has 0 unspecified atom stereocenters. The molecule has 3 nitrogen and oxygen atoms in total. The highest BCUT2D eigenvalue weighted by Crippen LogP contribution is 2.20. The lowest BCUT2D eigenvalue weighted by Crippen LogP contribution is -2.36. The summed E-state index contributed by atoms with van der Waals surface area (Å²) in [5.74, 6) is 3.22. The van der Waals surface area contributed by atoms with Crippen molar-refractivity contribution in [2.45, 2.75) is 6.54 Å². The van der Waals surface area contributed by atoms with Crippen LogP contribution in [0.5, 0.6) is 0 Å². The van der Waals surface area contributed by atoms with Crippen molar-refractivity contribution in [1.82, 2.24) is 10.6 Å². The van der Waals surface area contributed by atoms with E-state index in [9.17, 15) is 0 Å². The lowest BCUT2D eigenvalue weighted by Gasteiger charge is -2.08. The van der Waals surface area contributed by atoms with E-state index in [0.29, 0.717) is 6.54 Å². The Bertz CT molecular complexity index is 384. The summed E-state index contributed by atoms with van der Waals surface area (Å²) in [6.07, 6.45) is 5.14. The van der Waals surface area contributed by atoms with Gasteiger partial charge in [0, 0.05) is 13.6 Å². The third-order valence-corrected chi connectivity index (χ3v) is 3.22. The van der Waals surface area contributed by atoms with Gasteiger partial charge in [0.2, 0.25) is 0 Å². The maximum Gasteiger partial charge on any atom is 0.192 e. The molecule has 88 valence electrons. The zero-order valence-electron chi connectivity index (χ0n) is 8.79. The fourth-order valence-electron chi connectivity index (χ4n) is 0.980. The monoisotopic (exact) mass is 413 g/mol. The number of rotatable bonds is 3. The molecule has 1 aromatic heterocycles. The molecule has 1 rings (SSSR count). The van der Waals surface area contributed by atoms with Gasteiger partial charge in [0.25, 0.3) is 0 Å². The average molecular weight is 414 g/mol. The Kier molecular flexibility index (Phi) is 8.70. The molecule has 0 fully saturated rings. The highest BCUT2D eigenvalue weighted by atomic mass is 127. The Morgan fingerprint density at radius 1 is 1.62 bits per heavy atom. The number of hydrogen-bond acceptors (Lipinski definition) is 2. The van der Waals surface area contributed by atoms with Crippen LogP contribution in [0.2, 0.25) is 0 Å². The summed E-state index contributed by atoms with van der Waals surface area (Å²) in [6, 6.07) is 2.08. The van der Waals surface area contributed by atoms with Crippen LogP contribution in [0.3, 0.4) is 0 Å². The fourth-order valence-corrected chi connectivity index (χ4v) is 2.19. The van der Waals surface area contributed by atoms with E-state index in [1.54, 1.807) is 18.4 Å². The Hall–Kier alpha value is -0.260. The molecule has 0 radical (unpaired) electrons. The number of terminal acetylenes is 1. The van der Waals surface area contributed by atoms with Crippen molar-refractivity contribution < 1.29 is 0 Å². The van der Waals surface area contributed by atoms with Gasteiger partial charge in [-0.3, -0.25) is 4.99 Å². The van der Waals surface area contributed by atoms with Gasteiger partial charge in [0.1, 0.15) is 0 Å². The van der Waals surface area contributed by atoms with Gasteiger partial charge in [0.15, 0.2) is 5.96 Å². The number of nitrogens with zero attached hydrogens (tertiary/aromatic N) is 1. The van der Waals surface area contributed by atoms with Gasteiger partial charge in [-0.2, -0.15) is 0 Å². The fraction of sp³-hybridized carbons (Fsp3) is 0.300. The third kappa shape index (κ3) is 5.72. The Morgan fingerprint density at radius 2 is 2.38 bits per heavy atom. The lowest BCUT2D eigenvalue weighted by molar-refractivity contribution is 0.854. The van der Waals surface area contributed by atoms with Crippen LogP contribution < -0.4 is 10.6 Å². The number of halogens is 2. The average Bonchev–Trinajstić information content (AvgIpc) is 2.65. The van der Waals surface area contributed by atoms with Crippen molar-refractivity contribution in [3.8, 4) is 12.3 Å². The number of hydrogen-bond donors (Lipinski definition) is 2. The highest BCUT2D eigenvalue weighted by molar-refractivity contribution is 14.0. The second kappa shape index (κ2) is 8.84. The summed E-state index contributed by atoms with van der Waals surface area (Å²) in [7, 11) is 1.72. The van der Waals surface area contributed by atoms with Crippen molar-refractivity contribution in [3.05, 3.63) is 20.8 Å². The summed E-state index contributed by atoms with van der Waals surface area (Å²) >= 11 is 5.08. The molecular weight excluding hydrogens is 401 g/mol. The van der Waals surface area contributed by atoms with Crippen LogP contribution in [0.1, 0.15) is 5.56 Å². The molecule has 0 spiro atoms. The van der Waals surface area contributed by atoms with Crippen LogP contribution in [0.15, 0.2) is 20.2 Å². The van der Waals surface area contributed by atoms with Crippen LogP contribution in [0.25, 0.3) is 0 Å². The first kappa shape index (κ1) is 15.7. The lowest BCUT2D eigenvalue weighted by atomic mass is 10.3. The van der Waals surface area contributed by atoms with E-state index in [2.05, 4.69) is 48.9 Å². The molecule has 0 aliphatic carbocycles. The second-order valence-corrected chi connectivity index (χ2v) is 5.03. The predicted molar refractivity (Wildman–Crippen MR) is 84.5 cm³/mol. The molecule has 1 aromatic rings. The van der Waals surface area contributed by atoms with Gasteiger partial charge in [-0.15, -0.1) is 41.7 Å². The van der Waals surface area contributed by atoms with Crippen molar-refractivity contribution >= 4 is 57.2 Å². The van der Waals surface area contributed by atoms with Crippen molar-refractivity contribution in [1.29, 1.82) is 0 Å². The first-order chi connectivity index (χ1) is 7.26. The normalized spacial score (nSPS) is 10.2. The number of aliphatic imine (C=N–C) groups is 1. The summed E-state index contributed by atoms with van der Waals surface area (Å²) in [6.45, 7) is 1.22. The molecule has 6 heteroatoms.